The fourth-order valence-electron chi connectivity index (χ4n) is 2.66. The van der Waals surface area contributed by atoms with E-state index in [4.69, 9.17) is 0 Å². The SMILES string of the molecule is CNC(=O)c1nc[nH]c1C(=O)Nc1ccc(NC(=O)c2cc(OC(F)(F)F)ccc2Br)cc1. The van der Waals surface area contributed by atoms with Crippen molar-refractivity contribution in [1.29, 1.82) is 0 Å². The number of rotatable bonds is 6. The normalized spacial score (nSPS) is 10.9. The van der Waals surface area contributed by atoms with Crippen molar-refractivity contribution in [2.24, 2.45) is 0 Å². The highest BCUT2D eigenvalue weighted by molar-refractivity contribution is 9.10. The molecule has 3 rings (SSSR count). The maximum absolute atomic E-state index is 12.5. The first-order valence-electron chi connectivity index (χ1n) is 9.11. The number of nitrogens with one attached hydrogen (secondary N) is 4. The van der Waals surface area contributed by atoms with Crippen LogP contribution in [0, 0.1) is 0 Å². The average molecular weight is 526 g/mol. The molecule has 2 aromatic carbocycles. The van der Waals surface area contributed by atoms with Gasteiger partial charge in [-0.25, -0.2) is 4.98 Å². The van der Waals surface area contributed by atoms with Crippen molar-refractivity contribution in [3.8, 4) is 5.75 Å². The first-order chi connectivity index (χ1) is 15.6. The van der Waals surface area contributed by atoms with Gasteiger partial charge in [-0.3, -0.25) is 14.4 Å². The molecule has 9 nitrogen and oxygen atoms in total. The van der Waals surface area contributed by atoms with Gasteiger partial charge in [-0.05, 0) is 58.4 Å². The van der Waals surface area contributed by atoms with E-state index in [1.165, 1.54) is 43.7 Å². The smallest absolute Gasteiger partial charge is 0.406 e. The van der Waals surface area contributed by atoms with Crippen LogP contribution in [0.3, 0.4) is 0 Å². The second-order valence-electron chi connectivity index (χ2n) is 6.38. The zero-order valence-corrected chi connectivity index (χ0v) is 18.3. The van der Waals surface area contributed by atoms with Gasteiger partial charge in [0.2, 0.25) is 0 Å². The van der Waals surface area contributed by atoms with E-state index in [9.17, 15) is 27.6 Å². The lowest BCUT2D eigenvalue weighted by atomic mass is 10.2. The number of H-pyrrole nitrogens is 1. The molecule has 0 bridgehead atoms. The molecule has 1 heterocycles. The molecule has 3 amide bonds. The number of ether oxygens (including phenoxy) is 1. The van der Waals surface area contributed by atoms with Gasteiger partial charge in [0.15, 0.2) is 5.69 Å². The highest BCUT2D eigenvalue weighted by Crippen LogP contribution is 2.28. The Bertz CT molecular complexity index is 1200. The average Bonchev–Trinajstić information content (AvgIpc) is 3.25. The number of aromatic nitrogens is 2. The molecule has 0 spiro atoms. The van der Waals surface area contributed by atoms with Crippen LogP contribution in [-0.2, 0) is 0 Å². The van der Waals surface area contributed by atoms with E-state index in [-0.39, 0.29) is 21.4 Å². The van der Waals surface area contributed by atoms with Crippen LogP contribution in [0.2, 0.25) is 0 Å². The van der Waals surface area contributed by atoms with E-state index in [1.54, 1.807) is 0 Å². The second kappa shape index (κ2) is 9.73. The zero-order valence-electron chi connectivity index (χ0n) is 16.7. The van der Waals surface area contributed by atoms with Crippen LogP contribution < -0.4 is 20.7 Å². The molecule has 0 unspecified atom stereocenters. The Morgan fingerprint density at radius 1 is 0.970 bits per heavy atom. The van der Waals surface area contributed by atoms with Crippen LogP contribution in [0.25, 0.3) is 0 Å². The van der Waals surface area contributed by atoms with Crippen LogP contribution in [0.5, 0.6) is 5.75 Å². The van der Waals surface area contributed by atoms with E-state index in [2.05, 4.69) is 46.6 Å². The Labute approximate surface area is 192 Å². The molecule has 0 atom stereocenters. The molecule has 3 aromatic rings. The predicted octanol–water partition coefficient (Wildman–Crippen LogP) is 3.94. The van der Waals surface area contributed by atoms with Crippen LogP contribution in [-0.4, -0.2) is 41.1 Å². The maximum atomic E-state index is 12.5. The molecule has 0 fully saturated rings. The second-order valence-corrected chi connectivity index (χ2v) is 7.23. The van der Waals surface area contributed by atoms with E-state index >= 15 is 0 Å². The Hall–Kier alpha value is -3.87. The van der Waals surface area contributed by atoms with Gasteiger partial charge < -0.3 is 25.7 Å². The minimum absolute atomic E-state index is 0.0301. The number of benzene rings is 2. The summed E-state index contributed by atoms with van der Waals surface area (Å²) in [5.74, 6) is -2.36. The summed E-state index contributed by atoms with van der Waals surface area (Å²) in [7, 11) is 1.41. The van der Waals surface area contributed by atoms with Gasteiger partial charge >= 0.3 is 6.36 Å². The predicted molar refractivity (Wildman–Crippen MR) is 115 cm³/mol. The standard InChI is InChI=1S/C20H15BrF3N5O4/c1-25-18(31)15-16(27-9-26-15)19(32)29-11-4-2-10(3-5-11)28-17(30)13-8-12(6-7-14(13)21)33-20(22,23)24/h2-9H,1H3,(H,25,31)(H,26,27)(H,28,30)(H,29,32). The number of amides is 3. The lowest BCUT2D eigenvalue weighted by molar-refractivity contribution is -0.274. The summed E-state index contributed by atoms with van der Waals surface area (Å²) in [6.45, 7) is 0. The minimum atomic E-state index is -4.89. The highest BCUT2D eigenvalue weighted by Gasteiger charge is 2.31. The van der Waals surface area contributed by atoms with Crippen molar-refractivity contribution in [1.82, 2.24) is 15.3 Å². The number of anilines is 2. The van der Waals surface area contributed by atoms with Gasteiger partial charge in [-0.2, -0.15) is 0 Å². The molecule has 0 saturated heterocycles. The Morgan fingerprint density at radius 3 is 2.15 bits per heavy atom. The third-order valence-corrected chi connectivity index (χ3v) is 4.82. The first kappa shape index (κ1) is 23.8. The zero-order chi connectivity index (χ0) is 24.2. The van der Waals surface area contributed by atoms with Crippen LogP contribution in [0.1, 0.15) is 31.3 Å². The maximum Gasteiger partial charge on any atom is 0.573 e. The molecular weight excluding hydrogens is 511 g/mol. The van der Waals surface area contributed by atoms with E-state index in [0.29, 0.717) is 11.4 Å². The molecule has 0 aliphatic heterocycles. The fourth-order valence-corrected chi connectivity index (χ4v) is 3.09. The Morgan fingerprint density at radius 2 is 1.58 bits per heavy atom. The molecule has 4 N–H and O–H groups in total. The summed E-state index contributed by atoms with van der Waals surface area (Å²) in [5.41, 5.74) is 0.505. The lowest BCUT2D eigenvalue weighted by Gasteiger charge is -2.12. The molecule has 13 heteroatoms. The number of aromatic amines is 1. The molecule has 1 aromatic heterocycles. The molecule has 0 radical (unpaired) electrons. The van der Waals surface area contributed by atoms with Crippen molar-refractivity contribution in [2.45, 2.75) is 6.36 Å². The summed E-state index contributed by atoms with van der Waals surface area (Å²) < 4.78 is 41.4. The highest BCUT2D eigenvalue weighted by atomic mass is 79.9. The molecular formula is C20H15BrF3N5O4. The molecule has 172 valence electrons. The number of halogens is 4. The minimum Gasteiger partial charge on any atom is -0.406 e. The quantitative estimate of drug-likeness (QED) is 0.388. The van der Waals surface area contributed by atoms with Gasteiger partial charge in [-0.15, -0.1) is 13.2 Å². The van der Waals surface area contributed by atoms with E-state index in [0.717, 1.165) is 12.1 Å². The summed E-state index contributed by atoms with van der Waals surface area (Å²) in [4.78, 5) is 43.1. The third kappa shape index (κ3) is 6.10. The fraction of sp³-hybridized carbons (Fsp3) is 0.100. The number of alkyl halides is 3. The third-order valence-electron chi connectivity index (χ3n) is 4.13. The van der Waals surface area contributed by atoms with Crippen molar-refractivity contribution in [3.05, 3.63) is 70.2 Å². The van der Waals surface area contributed by atoms with Gasteiger partial charge in [0.1, 0.15) is 11.4 Å². The molecule has 33 heavy (non-hydrogen) atoms. The van der Waals surface area contributed by atoms with Crippen molar-refractivity contribution in [2.75, 3.05) is 17.7 Å². The number of hydrogen-bond donors (Lipinski definition) is 4. The van der Waals surface area contributed by atoms with Gasteiger partial charge in [0.25, 0.3) is 17.7 Å². The summed E-state index contributed by atoms with van der Waals surface area (Å²) >= 11 is 3.12. The van der Waals surface area contributed by atoms with Crippen LogP contribution in [0.15, 0.2) is 53.3 Å². The van der Waals surface area contributed by atoms with Gasteiger partial charge in [0, 0.05) is 22.9 Å². The monoisotopic (exact) mass is 525 g/mol. The first-order valence-corrected chi connectivity index (χ1v) is 9.90. The van der Waals surface area contributed by atoms with Crippen molar-refractivity contribution in [3.63, 3.8) is 0 Å². The largest absolute Gasteiger partial charge is 0.573 e. The Balaban J connectivity index is 1.68. The van der Waals surface area contributed by atoms with Crippen LogP contribution in [0.4, 0.5) is 24.5 Å². The number of carbonyl (C=O) groups excluding carboxylic acids is 3. The Kier molecular flexibility index (Phi) is 7.01. The van der Waals surface area contributed by atoms with Gasteiger partial charge in [-0.1, -0.05) is 0 Å². The van der Waals surface area contributed by atoms with Crippen molar-refractivity contribution < 1.29 is 32.3 Å². The van der Waals surface area contributed by atoms with Crippen LogP contribution >= 0.6 is 15.9 Å². The lowest BCUT2D eigenvalue weighted by Crippen LogP contribution is -2.23. The number of hydrogen-bond acceptors (Lipinski definition) is 5. The molecule has 0 aliphatic rings. The molecule has 0 aliphatic carbocycles. The summed E-state index contributed by atoms with van der Waals surface area (Å²) in [5, 5.41) is 7.50. The summed E-state index contributed by atoms with van der Waals surface area (Å²) in [6, 6.07) is 9.21. The van der Waals surface area contributed by atoms with E-state index < -0.39 is 29.8 Å². The topological polar surface area (TPSA) is 125 Å². The van der Waals surface area contributed by atoms with Crippen molar-refractivity contribution >= 4 is 45.0 Å². The number of imidazole rings is 1. The number of carbonyl (C=O) groups is 3. The summed E-state index contributed by atoms with van der Waals surface area (Å²) in [6.07, 6.45) is -3.68. The van der Waals surface area contributed by atoms with E-state index in [1.807, 2.05) is 0 Å². The molecule has 0 saturated carbocycles. The van der Waals surface area contributed by atoms with Gasteiger partial charge in [0.05, 0.1) is 11.9 Å². The number of nitrogens with zero attached hydrogens (tertiary/aromatic N) is 1.